The first-order valence-electron chi connectivity index (χ1n) is 7.64. The van der Waals surface area contributed by atoms with E-state index in [-0.39, 0.29) is 0 Å². The van der Waals surface area contributed by atoms with E-state index in [0.717, 1.165) is 25.6 Å². The number of nitrogens with two attached hydrogens (primary N) is 1. The van der Waals surface area contributed by atoms with Gasteiger partial charge in [-0.05, 0) is 31.6 Å². The predicted octanol–water partition coefficient (Wildman–Crippen LogP) is 2.50. The van der Waals surface area contributed by atoms with E-state index in [1.165, 1.54) is 25.7 Å². The van der Waals surface area contributed by atoms with Gasteiger partial charge in [0.25, 0.3) is 0 Å². The summed E-state index contributed by atoms with van der Waals surface area (Å²) in [5, 5.41) is 0. The second kappa shape index (κ2) is 8.13. The SMILES string of the molecule is CCC(CC)C(CN)N(CCOC)C(C)C1CC1. The van der Waals surface area contributed by atoms with Crippen LogP contribution in [0.1, 0.15) is 46.5 Å². The van der Waals surface area contributed by atoms with E-state index in [9.17, 15) is 0 Å². The first-order valence-corrected chi connectivity index (χ1v) is 7.64. The third-order valence-corrected chi connectivity index (χ3v) is 4.64. The number of nitrogens with zero attached hydrogens (tertiary/aromatic N) is 1. The highest BCUT2D eigenvalue weighted by molar-refractivity contribution is 4.90. The third-order valence-electron chi connectivity index (χ3n) is 4.64. The van der Waals surface area contributed by atoms with Crippen LogP contribution in [0.4, 0.5) is 0 Å². The molecule has 1 rings (SSSR count). The van der Waals surface area contributed by atoms with Crippen molar-refractivity contribution in [3.63, 3.8) is 0 Å². The van der Waals surface area contributed by atoms with Crippen LogP contribution in [0.3, 0.4) is 0 Å². The van der Waals surface area contributed by atoms with Crippen LogP contribution in [0.25, 0.3) is 0 Å². The molecule has 3 heteroatoms. The lowest BCUT2D eigenvalue weighted by atomic mass is 9.91. The smallest absolute Gasteiger partial charge is 0.0589 e. The van der Waals surface area contributed by atoms with Crippen LogP contribution in [0, 0.1) is 11.8 Å². The van der Waals surface area contributed by atoms with Crippen molar-refractivity contribution in [1.29, 1.82) is 0 Å². The van der Waals surface area contributed by atoms with Crippen molar-refractivity contribution in [2.45, 2.75) is 58.5 Å². The minimum Gasteiger partial charge on any atom is -0.383 e. The number of hydrogen-bond donors (Lipinski definition) is 1. The van der Waals surface area contributed by atoms with Crippen LogP contribution in [0.2, 0.25) is 0 Å². The van der Waals surface area contributed by atoms with Gasteiger partial charge in [0.1, 0.15) is 0 Å². The van der Waals surface area contributed by atoms with Gasteiger partial charge in [-0.15, -0.1) is 0 Å². The zero-order valence-electron chi connectivity index (χ0n) is 12.7. The molecule has 0 aromatic heterocycles. The van der Waals surface area contributed by atoms with Crippen molar-refractivity contribution in [2.75, 3.05) is 26.8 Å². The predicted molar refractivity (Wildman–Crippen MR) is 77.7 cm³/mol. The quantitative estimate of drug-likeness (QED) is 0.652. The highest BCUT2D eigenvalue weighted by Gasteiger charge is 2.36. The van der Waals surface area contributed by atoms with Crippen LogP contribution in [-0.4, -0.2) is 43.8 Å². The summed E-state index contributed by atoms with van der Waals surface area (Å²) >= 11 is 0. The van der Waals surface area contributed by atoms with Crippen LogP contribution < -0.4 is 5.73 Å². The molecule has 0 amide bonds. The van der Waals surface area contributed by atoms with Gasteiger partial charge in [-0.2, -0.15) is 0 Å². The Morgan fingerprint density at radius 2 is 1.89 bits per heavy atom. The van der Waals surface area contributed by atoms with Gasteiger partial charge < -0.3 is 10.5 Å². The average molecular weight is 256 g/mol. The maximum Gasteiger partial charge on any atom is 0.0589 e. The molecule has 1 aliphatic carbocycles. The third kappa shape index (κ3) is 4.22. The molecule has 0 heterocycles. The highest BCUT2D eigenvalue weighted by atomic mass is 16.5. The Morgan fingerprint density at radius 3 is 2.28 bits per heavy atom. The summed E-state index contributed by atoms with van der Waals surface area (Å²) in [6.45, 7) is 9.55. The zero-order valence-corrected chi connectivity index (χ0v) is 12.7. The minimum atomic E-state index is 0.519. The normalized spacial score (nSPS) is 19.5. The van der Waals surface area contributed by atoms with Crippen molar-refractivity contribution in [3.8, 4) is 0 Å². The summed E-state index contributed by atoms with van der Waals surface area (Å²) < 4.78 is 5.28. The fourth-order valence-corrected chi connectivity index (χ4v) is 3.15. The van der Waals surface area contributed by atoms with E-state index in [1.807, 2.05) is 0 Å². The molecule has 0 spiro atoms. The maximum absolute atomic E-state index is 6.07. The molecule has 2 N–H and O–H groups in total. The van der Waals surface area contributed by atoms with Gasteiger partial charge in [0, 0.05) is 32.3 Å². The van der Waals surface area contributed by atoms with Gasteiger partial charge in [-0.3, -0.25) is 4.90 Å². The maximum atomic E-state index is 6.07. The fraction of sp³-hybridized carbons (Fsp3) is 1.00. The fourth-order valence-electron chi connectivity index (χ4n) is 3.15. The molecule has 0 aromatic rings. The molecular formula is C15H32N2O. The summed E-state index contributed by atoms with van der Waals surface area (Å²) in [7, 11) is 1.79. The monoisotopic (exact) mass is 256 g/mol. The first-order chi connectivity index (χ1) is 8.69. The highest BCUT2D eigenvalue weighted by Crippen LogP contribution is 2.36. The summed E-state index contributed by atoms with van der Waals surface area (Å²) in [6.07, 6.45) is 5.23. The van der Waals surface area contributed by atoms with E-state index >= 15 is 0 Å². The van der Waals surface area contributed by atoms with E-state index in [2.05, 4.69) is 25.7 Å². The van der Waals surface area contributed by atoms with Crippen molar-refractivity contribution in [1.82, 2.24) is 4.90 Å². The molecule has 2 unspecified atom stereocenters. The van der Waals surface area contributed by atoms with Crippen molar-refractivity contribution in [3.05, 3.63) is 0 Å². The standard InChI is InChI=1S/C15H32N2O/c1-5-13(6-2)15(11-16)17(9-10-18-4)12(3)14-7-8-14/h12-15H,5-11,16H2,1-4H3. The van der Waals surface area contributed by atoms with Gasteiger partial charge in [-0.1, -0.05) is 26.7 Å². The molecule has 0 aromatic carbocycles. The van der Waals surface area contributed by atoms with Gasteiger partial charge in [0.2, 0.25) is 0 Å². The Hall–Kier alpha value is -0.120. The number of ether oxygens (including phenoxy) is 1. The Morgan fingerprint density at radius 1 is 1.28 bits per heavy atom. The summed E-state index contributed by atoms with van der Waals surface area (Å²) in [5.41, 5.74) is 6.07. The Labute approximate surface area is 113 Å². The topological polar surface area (TPSA) is 38.5 Å². The Bertz CT molecular complexity index is 215. The molecule has 0 aliphatic heterocycles. The average Bonchev–Trinajstić information content (AvgIpc) is 3.21. The van der Waals surface area contributed by atoms with Crippen LogP contribution in [0.15, 0.2) is 0 Å². The molecule has 0 saturated heterocycles. The molecule has 2 atom stereocenters. The molecule has 3 nitrogen and oxygen atoms in total. The second-order valence-corrected chi connectivity index (χ2v) is 5.69. The van der Waals surface area contributed by atoms with Crippen molar-refractivity contribution >= 4 is 0 Å². The lowest BCUT2D eigenvalue weighted by Crippen LogP contribution is -2.51. The van der Waals surface area contributed by atoms with Gasteiger partial charge in [0.05, 0.1) is 6.61 Å². The summed E-state index contributed by atoms with van der Waals surface area (Å²) in [6, 6.07) is 1.18. The van der Waals surface area contributed by atoms with Crippen molar-refractivity contribution in [2.24, 2.45) is 17.6 Å². The van der Waals surface area contributed by atoms with Crippen LogP contribution in [-0.2, 0) is 4.74 Å². The van der Waals surface area contributed by atoms with E-state index in [0.29, 0.717) is 18.0 Å². The Kier molecular flexibility index (Phi) is 7.20. The molecule has 108 valence electrons. The molecule has 0 radical (unpaired) electrons. The number of rotatable bonds is 10. The Balaban J connectivity index is 2.69. The van der Waals surface area contributed by atoms with Crippen LogP contribution in [0.5, 0.6) is 0 Å². The van der Waals surface area contributed by atoms with Crippen molar-refractivity contribution < 1.29 is 4.74 Å². The second-order valence-electron chi connectivity index (χ2n) is 5.69. The molecule has 0 bridgehead atoms. The molecular weight excluding hydrogens is 224 g/mol. The van der Waals surface area contributed by atoms with E-state index < -0.39 is 0 Å². The number of methoxy groups -OCH3 is 1. The largest absolute Gasteiger partial charge is 0.383 e. The number of hydrogen-bond acceptors (Lipinski definition) is 3. The minimum absolute atomic E-state index is 0.519. The summed E-state index contributed by atoms with van der Waals surface area (Å²) in [4.78, 5) is 2.62. The van der Waals surface area contributed by atoms with Gasteiger partial charge in [0.15, 0.2) is 0 Å². The molecule has 1 fully saturated rings. The van der Waals surface area contributed by atoms with E-state index in [4.69, 9.17) is 10.5 Å². The molecule has 1 saturated carbocycles. The summed E-state index contributed by atoms with van der Waals surface area (Å²) in [5.74, 6) is 1.61. The lowest BCUT2D eigenvalue weighted by molar-refractivity contribution is 0.0560. The van der Waals surface area contributed by atoms with E-state index in [1.54, 1.807) is 7.11 Å². The van der Waals surface area contributed by atoms with Gasteiger partial charge >= 0.3 is 0 Å². The van der Waals surface area contributed by atoms with Crippen LogP contribution >= 0.6 is 0 Å². The molecule has 1 aliphatic rings. The zero-order chi connectivity index (χ0) is 13.5. The molecule has 18 heavy (non-hydrogen) atoms. The lowest BCUT2D eigenvalue weighted by Gasteiger charge is -2.40. The van der Waals surface area contributed by atoms with Gasteiger partial charge in [-0.25, -0.2) is 0 Å². The first kappa shape index (κ1) is 15.9.